The summed E-state index contributed by atoms with van der Waals surface area (Å²) >= 11 is 0. The molecule has 1 aliphatic heterocycles. The van der Waals surface area contributed by atoms with Crippen molar-refractivity contribution in [2.45, 2.75) is 19.4 Å². The van der Waals surface area contributed by atoms with Gasteiger partial charge in [0.25, 0.3) is 0 Å². The van der Waals surface area contributed by atoms with Crippen LogP contribution in [0.4, 0.5) is 4.39 Å². The number of aliphatic hydroxyl groups is 1. The predicted octanol–water partition coefficient (Wildman–Crippen LogP) is 1.88. The number of piperazine rings is 1. The molecule has 2 N–H and O–H groups in total. The number of hydrogen-bond acceptors (Lipinski definition) is 3. The van der Waals surface area contributed by atoms with Crippen molar-refractivity contribution in [2.75, 3.05) is 32.8 Å². The van der Waals surface area contributed by atoms with Gasteiger partial charge in [-0.2, -0.15) is 0 Å². The van der Waals surface area contributed by atoms with E-state index in [1.165, 1.54) is 6.07 Å². The summed E-state index contributed by atoms with van der Waals surface area (Å²) < 4.78 is 13.2. The molecule has 0 aromatic heterocycles. The van der Waals surface area contributed by atoms with E-state index in [1.54, 1.807) is 6.07 Å². The van der Waals surface area contributed by atoms with Crippen molar-refractivity contribution in [1.29, 1.82) is 0 Å². The molecular formula is C14H22ClFN2O. The van der Waals surface area contributed by atoms with Gasteiger partial charge in [-0.25, -0.2) is 4.39 Å². The molecule has 2 rings (SSSR count). The van der Waals surface area contributed by atoms with E-state index in [9.17, 15) is 9.50 Å². The summed E-state index contributed by atoms with van der Waals surface area (Å²) in [5.74, 6) is -0.195. The third kappa shape index (κ3) is 4.14. The van der Waals surface area contributed by atoms with E-state index in [1.807, 2.05) is 13.0 Å². The third-order valence-electron chi connectivity index (χ3n) is 3.59. The minimum Gasteiger partial charge on any atom is -0.396 e. The van der Waals surface area contributed by atoms with Gasteiger partial charge in [0, 0.05) is 38.8 Å². The Morgan fingerprint density at radius 3 is 2.63 bits per heavy atom. The second kappa shape index (κ2) is 7.80. The van der Waals surface area contributed by atoms with Gasteiger partial charge >= 0.3 is 0 Å². The van der Waals surface area contributed by atoms with E-state index in [2.05, 4.69) is 10.2 Å². The molecule has 1 heterocycles. The molecule has 19 heavy (non-hydrogen) atoms. The number of nitrogens with zero attached hydrogens (tertiary/aromatic N) is 1. The van der Waals surface area contributed by atoms with Gasteiger partial charge in [-0.15, -0.1) is 12.4 Å². The molecule has 1 atom stereocenters. The standard InChI is InChI=1S/C14H21FN2O.ClH/c1-11-10-12(15)2-3-13(11)14(4-9-18)17-7-5-16-6-8-17;/h2-3,10,14,16,18H,4-9H2,1H3;1H/t14-;/m1./s1. The number of halogens is 2. The molecule has 0 spiro atoms. The average Bonchev–Trinajstić information content (AvgIpc) is 2.38. The zero-order chi connectivity index (χ0) is 13.0. The van der Waals surface area contributed by atoms with Crippen LogP contribution in [0, 0.1) is 12.7 Å². The maximum Gasteiger partial charge on any atom is 0.123 e. The quantitative estimate of drug-likeness (QED) is 0.888. The largest absolute Gasteiger partial charge is 0.396 e. The Morgan fingerprint density at radius 2 is 2.05 bits per heavy atom. The fourth-order valence-electron chi connectivity index (χ4n) is 2.66. The summed E-state index contributed by atoms with van der Waals surface area (Å²) in [4.78, 5) is 2.37. The highest BCUT2D eigenvalue weighted by molar-refractivity contribution is 5.85. The Bertz CT molecular complexity index is 397. The van der Waals surface area contributed by atoms with Gasteiger partial charge in [-0.3, -0.25) is 4.90 Å². The van der Waals surface area contributed by atoms with Crippen molar-refractivity contribution in [1.82, 2.24) is 10.2 Å². The first kappa shape index (κ1) is 16.4. The van der Waals surface area contributed by atoms with Crippen LogP contribution >= 0.6 is 12.4 Å². The number of aryl methyl sites for hydroxylation is 1. The van der Waals surface area contributed by atoms with Gasteiger partial charge in [0.2, 0.25) is 0 Å². The molecule has 0 bridgehead atoms. The molecule has 1 saturated heterocycles. The number of hydrogen-bond donors (Lipinski definition) is 2. The fourth-order valence-corrected chi connectivity index (χ4v) is 2.66. The van der Waals surface area contributed by atoms with E-state index in [4.69, 9.17) is 0 Å². The first-order valence-corrected chi connectivity index (χ1v) is 6.54. The Hall–Kier alpha value is -0.680. The van der Waals surface area contributed by atoms with E-state index < -0.39 is 0 Å². The van der Waals surface area contributed by atoms with Crippen LogP contribution in [0.2, 0.25) is 0 Å². The monoisotopic (exact) mass is 288 g/mol. The van der Waals surface area contributed by atoms with Gasteiger partial charge < -0.3 is 10.4 Å². The smallest absolute Gasteiger partial charge is 0.123 e. The highest BCUT2D eigenvalue weighted by atomic mass is 35.5. The summed E-state index contributed by atoms with van der Waals surface area (Å²) in [5, 5.41) is 12.6. The van der Waals surface area contributed by atoms with Gasteiger partial charge in [0.1, 0.15) is 5.82 Å². The molecule has 5 heteroatoms. The van der Waals surface area contributed by atoms with Crippen LogP contribution < -0.4 is 5.32 Å². The first-order valence-electron chi connectivity index (χ1n) is 6.54. The van der Waals surface area contributed by atoms with Crippen LogP contribution in [-0.4, -0.2) is 42.8 Å². The van der Waals surface area contributed by atoms with E-state index in [0.717, 1.165) is 37.3 Å². The van der Waals surface area contributed by atoms with Gasteiger partial charge in [-0.05, 0) is 36.6 Å². The molecule has 0 saturated carbocycles. The van der Waals surface area contributed by atoms with E-state index in [0.29, 0.717) is 6.42 Å². The maximum absolute atomic E-state index is 13.2. The molecule has 3 nitrogen and oxygen atoms in total. The molecule has 108 valence electrons. The lowest BCUT2D eigenvalue weighted by Gasteiger charge is -2.35. The lowest BCUT2D eigenvalue weighted by molar-refractivity contribution is 0.140. The predicted molar refractivity (Wildman–Crippen MR) is 77.3 cm³/mol. The Labute approximate surface area is 120 Å². The van der Waals surface area contributed by atoms with Crippen molar-refractivity contribution in [3.8, 4) is 0 Å². The van der Waals surface area contributed by atoms with Crippen molar-refractivity contribution < 1.29 is 9.50 Å². The Kier molecular flexibility index (Phi) is 6.72. The zero-order valence-corrected chi connectivity index (χ0v) is 12.0. The van der Waals surface area contributed by atoms with Crippen LogP contribution in [0.15, 0.2) is 18.2 Å². The number of benzene rings is 1. The second-order valence-electron chi connectivity index (χ2n) is 4.81. The summed E-state index contributed by atoms with van der Waals surface area (Å²) in [6, 6.07) is 5.13. The van der Waals surface area contributed by atoms with Crippen LogP contribution in [0.3, 0.4) is 0 Å². The molecule has 0 unspecified atom stereocenters. The first-order chi connectivity index (χ1) is 8.72. The Balaban J connectivity index is 0.00000180. The molecule has 1 fully saturated rings. The van der Waals surface area contributed by atoms with E-state index >= 15 is 0 Å². The second-order valence-corrected chi connectivity index (χ2v) is 4.81. The number of aliphatic hydroxyl groups excluding tert-OH is 1. The summed E-state index contributed by atoms with van der Waals surface area (Å²) in [7, 11) is 0. The summed E-state index contributed by atoms with van der Waals surface area (Å²) in [6.07, 6.45) is 0.701. The van der Waals surface area contributed by atoms with Gasteiger partial charge in [-0.1, -0.05) is 6.07 Å². The lowest BCUT2D eigenvalue weighted by Crippen LogP contribution is -2.45. The van der Waals surface area contributed by atoms with Crippen molar-refractivity contribution >= 4 is 12.4 Å². The van der Waals surface area contributed by atoms with Crippen molar-refractivity contribution in [3.63, 3.8) is 0 Å². The topological polar surface area (TPSA) is 35.5 Å². The fraction of sp³-hybridized carbons (Fsp3) is 0.571. The summed E-state index contributed by atoms with van der Waals surface area (Å²) in [5.41, 5.74) is 2.10. The molecule has 0 amide bonds. The third-order valence-corrected chi connectivity index (χ3v) is 3.59. The minimum absolute atomic E-state index is 0. The molecular weight excluding hydrogens is 267 g/mol. The van der Waals surface area contributed by atoms with Gasteiger partial charge in [0.05, 0.1) is 0 Å². The average molecular weight is 289 g/mol. The molecule has 1 aromatic carbocycles. The number of nitrogens with one attached hydrogen (secondary N) is 1. The SMILES string of the molecule is Cc1cc(F)ccc1[C@@H](CCO)N1CCNCC1.Cl. The zero-order valence-electron chi connectivity index (χ0n) is 11.2. The normalized spacial score (nSPS) is 17.8. The van der Waals surface area contributed by atoms with Crippen molar-refractivity contribution in [3.05, 3.63) is 35.1 Å². The van der Waals surface area contributed by atoms with Crippen LogP contribution in [0.1, 0.15) is 23.6 Å². The highest BCUT2D eigenvalue weighted by Crippen LogP contribution is 2.27. The van der Waals surface area contributed by atoms with Gasteiger partial charge in [0.15, 0.2) is 0 Å². The minimum atomic E-state index is -0.195. The van der Waals surface area contributed by atoms with E-state index in [-0.39, 0.29) is 30.9 Å². The summed E-state index contributed by atoms with van der Waals surface area (Å²) in [6.45, 7) is 5.99. The van der Waals surface area contributed by atoms with Crippen LogP contribution in [0.25, 0.3) is 0 Å². The highest BCUT2D eigenvalue weighted by Gasteiger charge is 2.22. The maximum atomic E-state index is 13.2. The molecule has 1 aromatic rings. The van der Waals surface area contributed by atoms with Crippen LogP contribution in [0.5, 0.6) is 0 Å². The molecule has 1 aliphatic rings. The molecule has 0 aliphatic carbocycles. The van der Waals surface area contributed by atoms with Crippen molar-refractivity contribution in [2.24, 2.45) is 0 Å². The Morgan fingerprint density at radius 1 is 1.37 bits per heavy atom. The molecule has 0 radical (unpaired) electrons. The van der Waals surface area contributed by atoms with Crippen LogP contribution in [-0.2, 0) is 0 Å². The lowest BCUT2D eigenvalue weighted by atomic mass is 9.97. The number of rotatable bonds is 4.